The molecule has 0 aromatic heterocycles. The number of benzene rings is 2. The van der Waals surface area contributed by atoms with Crippen LogP contribution in [0.25, 0.3) is 0 Å². The summed E-state index contributed by atoms with van der Waals surface area (Å²) in [5.74, 6) is 2.15. The van der Waals surface area contributed by atoms with Gasteiger partial charge >= 0.3 is 0 Å². The summed E-state index contributed by atoms with van der Waals surface area (Å²) in [7, 11) is 0. The summed E-state index contributed by atoms with van der Waals surface area (Å²) < 4.78 is 11.8. The van der Waals surface area contributed by atoms with Gasteiger partial charge in [0, 0.05) is 16.7 Å². The number of hydrogen-bond donors (Lipinski definition) is 2. The van der Waals surface area contributed by atoms with Crippen molar-refractivity contribution in [2.45, 2.75) is 32.2 Å². The van der Waals surface area contributed by atoms with Crippen molar-refractivity contribution in [3.05, 3.63) is 48.0 Å². The normalized spacial score (nSPS) is 16.0. The van der Waals surface area contributed by atoms with Crippen LogP contribution < -0.4 is 20.5 Å². The quantitative estimate of drug-likeness (QED) is 0.903. The zero-order valence-electron chi connectivity index (χ0n) is 14.1. The maximum absolute atomic E-state index is 11.6. The highest BCUT2D eigenvalue weighted by molar-refractivity contribution is 5.94. The number of amides is 1. The number of rotatable bonds is 4. The van der Waals surface area contributed by atoms with Crippen molar-refractivity contribution >= 4 is 11.6 Å². The van der Waals surface area contributed by atoms with Crippen molar-refractivity contribution in [1.29, 1.82) is 0 Å². The molecule has 3 N–H and O–H groups in total. The van der Waals surface area contributed by atoms with E-state index in [1.54, 1.807) is 19.1 Å². The Labute approximate surface area is 141 Å². The zero-order valence-corrected chi connectivity index (χ0v) is 14.1. The Hall–Kier alpha value is -2.53. The van der Waals surface area contributed by atoms with Crippen LogP contribution in [-0.4, -0.2) is 18.6 Å². The van der Waals surface area contributed by atoms with Gasteiger partial charge in [0.2, 0.25) is 5.91 Å². The number of fused-ring (bicyclic) bond motifs is 1. The molecule has 0 radical (unpaired) electrons. The third-order valence-electron chi connectivity index (χ3n) is 4.02. The second-order valence-corrected chi connectivity index (χ2v) is 6.71. The summed E-state index contributed by atoms with van der Waals surface area (Å²) in [5.41, 5.74) is 7.23. The third-order valence-corrected chi connectivity index (χ3v) is 4.02. The van der Waals surface area contributed by atoms with E-state index in [0.29, 0.717) is 18.0 Å². The summed E-state index contributed by atoms with van der Waals surface area (Å²) in [6.07, 6.45) is 0. The van der Waals surface area contributed by atoms with Gasteiger partial charge in [0.25, 0.3) is 0 Å². The maximum atomic E-state index is 11.6. The van der Waals surface area contributed by atoms with Crippen LogP contribution in [0, 0.1) is 0 Å². The van der Waals surface area contributed by atoms with E-state index in [-0.39, 0.29) is 11.3 Å². The van der Waals surface area contributed by atoms with Crippen molar-refractivity contribution in [2.24, 2.45) is 5.73 Å². The Morgan fingerprint density at radius 1 is 1.25 bits per heavy atom. The lowest BCUT2D eigenvalue weighted by Crippen LogP contribution is -2.32. The van der Waals surface area contributed by atoms with Crippen molar-refractivity contribution in [2.75, 3.05) is 11.9 Å². The molecule has 1 aliphatic rings. The van der Waals surface area contributed by atoms with Crippen LogP contribution in [0.1, 0.15) is 26.3 Å². The highest BCUT2D eigenvalue weighted by Gasteiger charge is 2.35. The third kappa shape index (κ3) is 3.21. The van der Waals surface area contributed by atoms with Crippen LogP contribution in [0.15, 0.2) is 42.5 Å². The summed E-state index contributed by atoms with van der Waals surface area (Å²) >= 11 is 0. The molecule has 1 heterocycles. The van der Waals surface area contributed by atoms with Gasteiger partial charge in [0.15, 0.2) is 0 Å². The van der Waals surface area contributed by atoms with E-state index in [9.17, 15) is 4.79 Å². The van der Waals surface area contributed by atoms with E-state index in [1.165, 1.54) is 0 Å². The molecule has 0 saturated heterocycles. The number of ether oxygens (including phenoxy) is 2. The van der Waals surface area contributed by atoms with Crippen LogP contribution in [0.2, 0.25) is 0 Å². The molecular weight excluding hydrogens is 304 g/mol. The molecule has 0 fully saturated rings. The Balaban J connectivity index is 1.79. The van der Waals surface area contributed by atoms with Crippen molar-refractivity contribution in [3.63, 3.8) is 0 Å². The number of carbonyl (C=O) groups is 1. The Morgan fingerprint density at radius 3 is 2.62 bits per heavy atom. The summed E-state index contributed by atoms with van der Waals surface area (Å²) in [5, 5.41) is 2.75. The largest absolute Gasteiger partial charge is 0.492 e. The standard InChI is InChI=1S/C19H22N2O3/c1-12(20)18(22)21-13-7-9-14(10-8-13)24-16-6-4-5-15-17(16)19(2,3)11-23-15/h4-10,12H,11,20H2,1-3H3,(H,21,22)/t12-/m1/s1. The van der Waals surface area contributed by atoms with Gasteiger partial charge in [-0.1, -0.05) is 19.9 Å². The molecule has 126 valence electrons. The monoisotopic (exact) mass is 326 g/mol. The first-order valence-electron chi connectivity index (χ1n) is 7.97. The molecule has 0 saturated carbocycles. The van der Waals surface area contributed by atoms with Gasteiger partial charge in [0.05, 0.1) is 12.6 Å². The molecule has 1 aliphatic heterocycles. The number of hydrogen-bond acceptors (Lipinski definition) is 4. The van der Waals surface area contributed by atoms with E-state index in [0.717, 1.165) is 17.1 Å². The highest BCUT2D eigenvalue weighted by atomic mass is 16.5. The lowest BCUT2D eigenvalue weighted by Gasteiger charge is -2.19. The fourth-order valence-electron chi connectivity index (χ4n) is 2.70. The molecule has 24 heavy (non-hydrogen) atoms. The van der Waals surface area contributed by atoms with Crippen molar-refractivity contribution in [1.82, 2.24) is 0 Å². The molecule has 0 unspecified atom stereocenters. The van der Waals surface area contributed by atoms with E-state index in [2.05, 4.69) is 19.2 Å². The first-order chi connectivity index (χ1) is 11.4. The van der Waals surface area contributed by atoms with E-state index < -0.39 is 6.04 Å². The van der Waals surface area contributed by atoms with Crippen molar-refractivity contribution < 1.29 is 14.3 Å². The molecule has 0 spiro atoms. The van der Waals surface area contributed by atoms with Gasteiger partial charge in [-0.3, -0.25) is 4.79 Å². The minimum atomic E-state index is -0.546. The predicted molar refractivity (Wildman–Crippen MR) is 93.8 cm³/mol. The first-order valence-corrected chi connectivity index (χ1v) is 7.97. The lowest BCUT2D eigenvalue weighted by molar-refractivity contribution is -0.117. The minimum Gasteiger partial charge on any atom is -0.492 e. The van der Waals surface area contributed by atoms with Gasteiger partial charge in [-0.15, -0.1) is 0 Å². The van der Waals surface area contributed by atoms with Crippen LogP contribution in [0.3, 0.4) is 0 Å². The van der Waals surface area contributed by atoms with Gasteiger partial charge in [-0.05, 0) is 43.3 Å². The molecule has 0 bridgehead atoms. The van der Waals surface area contributed by atoms with E-state index >= 15 is 0 Å². The average Bonchev–Trinajstić information content (AvgIpc) is 2.85. The van der Waals surface area contributed by atoms with Gasteiger partial charge < -0.3 is 20.5 Å². The zero-order chi connectivity index (χ0) is 17.3. The molecule has 2 aromatic rings. The molecule has 2 aromatic carbocycles. The Bertz CT molecular complexity index is 752. The number of carbonyl (C=O) groups excluding carboxylic acids is 1. The van der Waals surface area contributed by atoms with Crippen LogP contribution in [0.5, 0.6) is 17.2 Å². The van der Waals surface area contributed by atoms with Crippen LogP contribution in [0.4, 0.5) is 5.69 Å². The summed E-state index contributed by atoms with van der Waals surface area (Å²) in [6.45, 7) is 6.56. The second-order valence-electron chi connectivity index (χ2n) is 6.71. The molecule has 5 heteroatoms. The van der Waals surface area contributed by atoms with E-state index in [1.807, 2.05) is 30.3 Å². The topological polar surface area (TPSA) is 73.6 Å². The Morgan fingerprint density at radius 2 is 1.96 bits per heavy atom. The molecule has 1 atom stereocenters. The number of nitrogens with one attached hydrogen (secondary N) is 1. The van der Waals surface area contributed by atoms with Gasteiger partial charge in [0.1, 0.15) is 17.2 Å². The molecule has 5 nitrogen and oxygen atoms in total. The highest BCUT2D eigenvalue weighted by Crippen LogP contribution is 2.45. The van der Waals surface area contributed by atoms with E-state index in [4.69, 9.17) is 15.2 Å². The first kappa shape index (κ1) is 16.3. The average molecular weight is 326 g/mol. The lowest BCUT2D eigenvalue weighted by atomic mass is 9.86. The predicted octanol–water partition coefficient (Wildman–Crippen LogP) is 3.43. The number of anilines is 1. The number of nitrogens with two attached hydrogens (primary N) is 1. The molecular formula is C19H22N2O3. The van der Waals surface area contributed by atoms with Crippen LogP contribution >= 0.6 is 0 Å². The fourth-order valence-corrected chi connectivity index (χ4v) is 2.70. The minimum absolute atomic E-state index is 0.0862. The second kappa shape index (κ2) is 6.17. The van der Waals surface area contributed by atoms with Gasteiger partial charge in [-0.25, -0.2) is 0 Å². The smallest absolute Gasteiger partial charge is 0.240 e. The SMILES string of the molecule is C[C@@H](N)C(=O)Nc1ccc(Oc2cccc3c2C(C)(C)CO3)cc1. The summed E-state index contributed by atoms with van der Waals surface area (Å²) in [4.78, 5) is 11.6. The maximum Gasteiger partial charge on any atom is 0.240 e. The fraction of sp³-hybridized carbons (Fsp3) is 0.316. The molecule has 1 amide bonds. The summed E-state index contributed by atoms with van der Waals surface area (Å²) in [6, 6.07) is 12.5. The van der Waals surface area contributed by atoms with Gasteiger partial charge in [-0.2, -0.15) is 0 Å². The van der Waals surface area contributed by atoms with Crippen LogP contribution in [-0.2, 0) is 10.2 Å². The molecule has 0 aliphatic carbocycles. The molecule has 3 rings (SSSR count). The Kier molecular flexibility index (Phi) is 4.20. The van der Waals surface area contributed by atoms with Crippen molar-refractivity contribution in [3.8, 4) is 17.2 Å².